The molecule has 0 bridgehead atoms. The van der Waals surface area contributed by atoms with Crippen molar-refractivity contribution in [1.82, 2.24) is 15.3 Å². The van der Waals surface area contributed by atoms with Gasteiger partial charge in [0.2, 0.25) is 5.95 Å². The van der Waals surface area contributed by atoms with Crippen LogP contribution in [0.25, 0.3) is 0 Å². The Morgan fingerprint density at radius 2 is 2.00 bits per heavy atom. The summed E-state index contributed by atoms with van der Waals surface area (Å²) in [5, 5.41) is 5.02. The van der Waals surface area contributed by atoms with Gasteiger partial charge in [0.1, 0.15) is 5.69 Å². The van der Waals surface area contributed by atoms with Crippen LogP contribution in [0.1, 0.15) is 28.9 Å². The summed E-state index contributed by atoms with van der Waals surface area (Å²) in [4.78, 5) is 19.9. The Hall–Kier alpha value is -2.35. The minimum Gasteiger partial charge on any atom is -0.348 e. The number of halogens is 4. The SMILES string of the molecule is O=C(NC1CC1)c1ccnc(Nc2ccc(Cl)c(C(F)(F)F)c2)n1. The molecule has 0 unspecified atom stereocenters. The molecule has 0 aliphatic heterocycles. The lowest BCUT2D eigenvalue weighted by molar-refractivity contribution is -0.137. The Labute approximate surface area is 140 Å². The molecule has 2 N–H and O–H groups in total. The summed E-state index contributed by atoms with van der Waals surface area (Å²) in [6.07, 6.45) is -1.33. The summed E-state index contributed by atoms with van der Waals surface area (Å²) in [5.41, 5.74) is -0.701. The minimum absolute atomic E-state index is 0.0221. The van der Waals surface area contributed by atoms with Gasteiger partial charge in [0.05, 0.1) is 10.6 Å². The van der Waals surface area contributed by atoms with Gasteiger partial charge < -0.3 is 10.6 Å². The molecule has 1 fully saturated rings. The maximum absolute atomic E-state index is 12.9. The normalized spacial score (nSPS) is 14.3. The molecule has 5 nitrogen and oxygen atoms in total. The Balaban J connectivity index is 1.79. The van der Waals surface area contributed by atoms with Crippen LogP contribution in [0.15, 0.2) is 30.5 Å². The van der Waals surface area contributed by atoms with Gasteiger partial charge in [-0.15, -0.1) is 0 Å². The summed E-state index contributed by atoms with van der Waals surface area (Å²) in [5.74, 6) is -0.316. The topological polar surface area (TPSA) is 66.9 Å². The van der Waals surface area contributed by atoms with Crippen molar-refractivity contribution in [2.45, 2.75) is 25.1 Å². The van der Waals surface area contributed by atoms with Crippen molar-refractivity contribution in [3.05, 3.63) is 46.7 Å². The molecular weight excluding hydrogens is 345 g/mol. The monoisotopic (exact) mass is 356 g/mol. The molecule has 2 aromatic rings. The van der Waals surface area contributed by atoms with Gasteiger partial charge in [-0.05, 0) is 37.1 Å². The zero-order valence-electron chi connectivity index (χ0n) is 12.2. The van der Waals surface area contributed by atoms with Crippen molar-refractivity contribution in [3.63, 3.8) is 0 Å². The highest BCUT2D eigenvalue weighted by atomic mass is 35.5. The van der Waals surface area contributed by atoms with Crippen LogP contribution in [0.3, 0.4) is 0 Å². The Morgan fingerprint density at radius 1 is 1.25 bits per heavy atom. The van der Waals surface area contributed by atoms with Gasteiger partial charge in [-0.25, -0.2) is 9.97 Å². The molecule has 1 amide bonds. The lowest BCUT2D eigenvalue weighted by atomic mass is 10.2. The molecule has 1 saturated carbocycles. The van der Waals surface area contributed by atoms with Crippen molar-refractivity contribution in [2.75, 3.05) is 5.32 Å². The molecule has 1 heterocycles. The molecular formula is C15H12ClF3N4O. The van der Waals surface area contributed by atoms with E-state index in [9.17, 15) is 18.0 Å². The number of amides is 1. The van der Waals surface area contributed by atoms with E-state index in [1.54, 1.807) is 0 Å². The number of anilines is 2. The first-order valence-electron chi connectivity index (χ1n) is 7.10. The molecule has 1 aliphatic rings. The third-order valence-corrected chi connectivity index (χ3v) is 3.66. The summed E-state index contributed by atoms with van der Waals surface area (Å²) in [7, 11) is 0. The molecule has 0 radical (unpaired) electrons. The molecule has 1 aromatic carbocycles. The summed E-state index contributed by atoms with van der Waals surface area (Å²) < 4.78 is 38.6. The minimum atomic E-state index is -4.57. The van der Waals surface area contributed by atoms with Gasteiger partial charge in [0.25, 0.3) is 5.91 Å². The smallest absolute Gasteiger partial charge is 0.348 e. The van der Waals surface area contributed by atoms with E-state index in [4.69, 9.17) is 11.6 Å². The Morgan fingerprint density at radius 3 is 2.67 bits per heavy atom. The van der Waals surface area contributed by atoms with Gasteiger partial charge in [0, 0.05) is 17.9 Å². The van der Waals surface area contributed by atoms with E-state index in [-0.39, 0.29) is 29.3 Å². The number of nitrogens with zero attached hydrogens (tertiary/aromatic N) is 2. The van der Waals surface area contributed by atoms with Gasteiger partial charge in [-0.2, -0.15) is 13.2 Å². The zero-order valence-corrected chi connectivity index (χ0v) is 12.9. The van der Waals surface area contributed by atoms with Gasteiger partial charge in [-0.1, -0.05) is 11.6 Å². The van der Waals surface area contributed by atoms with Crippen molar-refractivity contribution < 1.29 is 18.0 Å². The van der Waals surface area contributed by atoms with E-state index in [2.05, 4.69) is 20.6 Å². The predicted octanol–water partition coefficient (Wildman–Crippen LogP) is 3.78. The number of hydrogen-bond acceptors (Lipinski definition) is 4. The highest BCUT2D eigenvalue weighted by Crippen LogP contribution is 2.36. The number of hydrogen-bond donors (Lipinski definition) is 2. The van der Waals surface area contributed by atoms with Crippen LogP contribution < -0.4 is 10.6 Å². The number of benzene rings is 1. The third-order valence-electron chi connectivity index (χ3n) is 3.33. The molecule has 126 valence electrons. The summed E-state index contributed by atoms with van der Waals surface area (Å²) in [6, 6.07) is 4.98. The van der Waals surface area contributed by atoms with Crippen LogP contribution in [0.2, 0.25) is 5.02 Å². The highest BCUT2D eigenvalue weighted by molar-refractivity contribution is 6.31. The molecule has 0 atom stereocenters. The van der Waals surface area contributed by atoms with Crippen molar-refractivity contribution in [3.8, 4) is 0 Å². The molecule has 1 aliphatic carbocycles. The van der Waals surface area contributed by atoms with Crippen LogP contribution in [-0.4, -0.2) is 21.9 Å². The first kappa shape index (κ1) is 16.5. The second kappa shape index (κ2) is 6.27. The maximum Gasteiger partial charge on any atom is 0.417 e. The molecule has 0 spiro atoms. The number of carbonyl (C=O) groups excluding carboxylic acids is 1. The maximum atomic E-state index is 12.9. The largest absolute Gasteiger partial charge is 0.417 e. The second-order valence-electron chi connectivity index (χ2n) is 5.33. The van der Waals surface area contributed by atoms with Crippen molar-refractivity contribution in [1.29, 1.82) is 0 Å². The number of rotatable bonds is 4. The second-order valence-corrected chi connectivity index (χ2v) is 5.74. The predicted molar refractivity (Wildman–Crippen MR) is 82.3 cm³/mol. The molecule has 9 heteroatoms. The average molecular weight is 357 g/mol. The summed E-state index contributed by atoms with van der Waals surface area (Å²) in [6.45, 7) is 0. The van der Waals surface area contributed by atoms with E-state index in [0.717, 1.165) is 25.0 Å². The van der Waals surface area contributed by atoms with Gasteiger partial charge in [0.15, 0.2) is 0 Å². The van der Waals surface area contributed by atoms with Gasteiger partial charge in [-0.3, -0.25) is 4.79 Å². The summed E-state index contributed by atoms with van der Waals surface area (Å²) >= 11 is 5.57. The first-order valence-corrected chi connectivity index (χ1v) is 7.48. The fraction of sp³-hybridized carbons (Fsp3) is 0.267. The van der Waals surface area contributed by atoms with Crippen molar-refractivity contribution >= 4 is 29.1 Å². The Bertz CT molecular complexity index is 778. The fourth-order valence-corrected chi connectivity index (χ4v) is 2.21. The quantitative estimate of drug-likeness (QED) is 0.874. The molecule has 3 rings (SSSR count). The lowest BCUT2D eigenvalue weighted by Crippen LogP contribution is -2.26. The van der Waals surface area contributed by atoms with E-state index in [1.165, 1.54) is 18.3 Å². The van der Waals surface area contributed by atoms with E-state index >= 15 is 0 Å². The standard InChI is InChI=1S/C15H12ClF3N4O/c16-11-4-3-9(7-10(11)15(17,18)19)22-14-20-6-5-12(23-14)13(24)21-8-1-2-8/h3-8H,1-2H2,(H,21,24)(H,20,22,23). The number of alkyl halides is 3. The highest BCUT2D eigenvalue weighted by Gasteiger charge is 2.33. The number of nitrogens with one attached hydrogen (secondary N) is 2. The number of carbonyl (C=O) groups is 1. The lowest BCUT2D eigenvalue weighted by Gasteiger charge is -2.12. The molecule has 24 heavy (non-hydrogen) atoms. The fourth-order valence-electron chi connectivity index (χ4n) is 1.98. The van der Waals surface area contributed by atoms with E-state index in [1.807, 2.05) is 0 Å². The zero-order chi connectivity index (χ0) is 17.3. The van der Waals surface area contributed by atoms with Crippen LogP contribution in [0.5, 0.6) is 0 Å². The molecule has 0 saturated heterocycles. The van der Waals surface area contributed by atoms with E-state index < -0.39 is 16.8 Å². The van der Waals surface area contributed by atoms with Gasteiger partial charge >= 0.3 is 6.18 Å². The van der Waals surface area contributed by atoms with Crippen LogP contribution in [-0.2, 0) is 6.18 Å². The number of aromatic nitrogens is 2. The average Bonchev–Trinajstić information content (AvgIpc) is 3.32. The third kappa shape index (κ3) is 3.94. The van der Waals surface area contributed by atoms with Crippen LogP contribution in [0.4, 0.5) is 24.8 Å². The first-order chi connectivity index (χ1) is 11.3. The Kier molecular flexibility index (Phi) is 4.31. The van der Waals surface area contributed by atoms with Crippen molar-refractivity contribution in [2.24, 2.45) is 0 Å². The van der Waals surface area contributed by atoms with Crippen LogP contribution >= 0.6 is 11.6 Å². The van der Waals surface area contributed by atoms with E-state index in [0.29, 0.717) is 0 Å². The van der Waals surface area contributed by atoms with Crippen LogP contribution in [0, 0.1) is 0 Å². The molecule has 1 aromatic heterocycles.